The monoisotopic (exact) mass is 171 g/mol. The molecular formula is C10H23N2. The highest BCUT2D eigenvalue weighted by Gasteiger charge is 2.00. The van der Waals surface area contributed by atoms with Gasteiger partial charge in [0.15, 0.2) is 0 Å². The molecule has 0 fully saturated rings. The van der Waals surface area contributed by atoms with Crippen LogP contribution < -0.4 is 5.32 Å². The normalized spacial score (nSPS) is 11.0. The average Bonchev–Trinajstić information content (AvgIpc) is 2.06. The second-order valence-corrected chi connectivity index (χ2v) is 3.11. The number of hydrogen-bond donors (Lipinski definition) is 0. The summed E-state index contributed by atoms with van der Waals surface area (Å²) in [4.78, 5) is 2.50. The largest absolute Gasteiger partial charge is 0.302 e. The van der Waals surface area contributed by atoms with Crippen molar-refractivity contribution in [1.82, 2.24) is 10.2 Å². The van der Waals surface area contributed by atoms with Crippen LogP contribution in [-0.4, -0.2) is 37.6 Å². The summed E-state index contributed by atoms with van der Waals surface area (Å²) in [5, 5.41) is 4.33. The topological polar surface area (TPSA) is 17.3 Å². The third-order valence-electron chi connectivity index (χ3n) is 1.88. The van der Waals surface area contributed by atoms with Gasteiger partial charge in [-0.15, -0.1) is 0 Å². The predicted molar refractivity (Wildman–Crippen MR) is 54.6 cm³/mol. The number of rotatable bonds is 8. The summed E-state index contributed by atoms with van der Waals surface area (Å²) in [5.74, 6) is 0. The number of hydrogen-bond acceptors (Lipinski definition) is 1. The van der Waals surface area contributed by atoms with Crippen LogP contribution in [0.4, 0.5) is 0 Å². The first-order valence-corrected chi connectivity index (χ1v) is 5.20. The van der Waals surface area contributed by atoms with Crippen LogP contribution in [0.1, 0.15) is 33.6 Å². The maximum absolute atomic E-state index is 4.33. The summed E-state index contributed by atoms with van der Waals surface area (Å²) in [5.41, 5.74) is 0. The van der Waals surface area contributed by atoms with Crippen LogP contribution in [0.2, 0.25) is 0 Å². The van der Waals surface area contributed by atoms with E-state index in [1.54, 1.807) is 0 Å². The van der Waals surface area contributed by atoms with Crippen molar-refractivity contribution in [3.63, 3.8) is 0 Å². The predicted octanol–water partition coefficient (Wildman–Crippen LogP) is 1.73. The molecular weight excluding hydrogens is 148 g/mol. The minimum Gasteiger partial charge on any atom is -0.302 e. The molecule has 0 saturated heterocycles. The van der Waals surface area contributed by atoms with Crippen molar-refractivity contribution in [3.05, 3.63) is 0 Å². The molecule has 2 heteroatoms. The standard InChI is InChI=1S/C10H23N2/c1-4-8-12(9-5-2)10-7-11-6-3/h4-10H2,1-3H3. The van der Waals surface area contributed by atoms with Gasteiger partial charge in [0.1, 0.15) is 0 Å². The lowest BCUT2D eigenvalue weighted by Crippen LogP contribution is -2.31. The molecule has 12 heavy (non-hydrogen) atoms. The zero-order valence-electron chi connectivity index (χ0n) is 8.84. The minimum atomic E-state index is 0.964. The minimum absolute atomic E-state index is 0.964. The fourth-order valence-electron chi connectivity index (χ4n) is 1.34. The van der Waals surface area contributed by atoms with Gasteiger partial charge < -0.3 is 4.90 Å². The Hall–Kier alpha value is -0.0800. The van der Waals surface area contributed by atoms with E-state index in [1.165, 1.54) is 25.9 Å². The van der Waals surface area contributed by atoms with Crippen molar-refractivity contribution in [3.8, 4) is 0 Å². The maximum Gasteiger partial charge on any atom is 0.0261 e. The summed E-state index contributed by atoms with van der Waals surface area (Å²) < 4.78 is 0. The fourth-order valence-corrected chi connectivity index (χ4v) is 1.34. The molecule has 2 nitrogen and oxygen atoms in total. The van der Waals surface area contributed by atoms with Crippen LogP contribution in [0.15, 0.2) is 0 Å². The summed E-state index contributed by atoms with van der Waals surface area (Å²) >= 11 is 0. The summed E-state index contributed by atoms with van der Waals surface area (Å²) in [6.07, 6.45) is 2.51. The molecule has 0 rings (SSSR count). The van der Waals surface area contributed by atoms with Gasteiger partial charge in [0.25, 0.3) is 0 Å². The van der Waals surface area contributed by atoms with E-state index in [0.717, 1.165) is 19.6 Å². The van der Waals surface area contributed by atoms with Gasteiger partial charge in [0, 0.05) is 19.6 Å². The zero-order valence-corrected chi connectivity index (χ0v) is 8.84. The highest BCUT2D eigenvalue weighted by Crippen LogP contribution is 1.92. The Kier molecular flexibility index (Phi) is 8.95. The van der Waals surface area contributed by atoms with Gasteiger partial charge in [-0.1, -0.05) is 20.8 Å². The van der Waals surface area contributed by atoms with E-state index in [9.17, 15) is 0 Å². The van der Waals surface area contributed by atoms with Crippen molar-refractivity contribution >= 4 is 0 Å². The molecule has 0 spiro atoms. The SMILES string of the molecule is CCCN(CCC)CC[N]CC. The fraction of sp³-hybridized carbons (Fsp3) is 1.00. The van der Waals surface area contributed by atoms with Crippen LogP contribution >= 0.6 is 0 Å². The number of nitrogens with zero attached hydrogens (tertiary/aromatic N) is 2. The molecule has 0 aliphatic rings. The lowest BCUT2D eigenvalue weighted by atomic mass is 10.3. The highest BCUT2D eigenvalue weighted by atomic mass is 15.1. The second kappa shape index (κ2) is 9.01. The second-order valence-electron chi connectivity index (χ2n) is 3.11. The van der Waals surface area contributed by atoms with E-state index in [-0.39, 0.29) is 0 Å². The van der Waals surface area contributed by atoms with E-state index in [4.69, 9.17) is 0 Å². The summed E-state index contributed by atoms with van der Waals surface area (Å²) in [6.45, 7) is 12.2. The molecule has 0 heterocycles. The van der Waals surface area contributed by atoms with Gasteiger partial charge >= 0.3 is 0 Å². The average molecular weight is 171 g/mol. The van der Waals surface area contributed by atoms with Gasteiger partial charge in [-0.25, -0.2) is 5.32 Å². The van der Waals surface area contributed by atoms with Gasteiger partial charge in [-0.05, 0) is 25.9 Å². The molecule has 0 saturated carbocycles. The smallest absolute Gasteiger partial charge is 0.0261 e. The van der Waals surface area contributed by atoms with Gasteiger partial charge in [-0.3, -0.25) is 0 Å². The van der Waals surface area contributed by atoms with Crippen molar-refractivity contribution in [2.75, 3.05) is 32.7 Å². The first-order valence-electron chi connectivity index (χ1n) is 5.20. The molecule has 0 aliphatic heterocycles. The number of likely N-dealkylation sites (N-methyl/N-ethyl adjacent to an activating group) is 1. The Morgan fingerprint density at radius 3 is 1.92 bits per heavy atom. The first kappa shape index (κ1) is 11.9. The molecule has 0 bridgehead atoms. The Morgan fingerprint density at radius 2 is 1.50 bits per heavy atom. The van der Waals surface area contributed by atoms with Crippen molar-refractivity contribution in [1.29, 1.82) is 0 Å². The van der Waals surface area contributed by atoms with E-state index in [2.05, 4.69) is 31.0 Å². The molecule has 0 aromatic rings. The van der Waals surface area contributed by atoms with Crippen LogP contribution in [0, 0.1) is 0 Å². The van der Waals surface area contributed by atoms with Crippen molar-refractivity contribution in [2.45, 2.75) is 33.6 Å². The molecule has 0 N–H and O–H groups in total. The van der Waals surface area contributed by atoms with E-state index < -0.39 is 0 Å². The zero-order chi connectivity index (χ0) is 9.23. The molecule has 0 aromatic carbocycles. The lowest BCUT2D eigenvalue weighted by Gasteiger charge is -2.20. The van der Waals surface area contributed by atoms with E-state index >= 15 is 0 Å². The van der Waals surface area contributed by atoms with Crippen LogP contribution in [0.3, 0.4) is 0 Å². The molecule has 73 valence electrons. The van der Waals surface area contributed by atoms with E-state index in [1.807, 2.05) is 0 Å². The quantitative estimate of drug-likeness (QED) is 0.508. The molecule has 0 amide bonds. The van der Waals surface area contributed by atoms with Gasteiger partial charge in [-0.2, -0.15) is 0 Å². The van der Waals surface area contributed by atoms with Crippen LogP contribution in [0.25, 0.3) is 0 Å². The summed E-state index contributed by atoms with van der Waals surface area (Å²) in [7, 11) is 0. The van der Waals surface area contributed by atoms with E-state index in [0.29, 0.717) is 0 Å². The van der Waals surface area contributed by atoms with Crippen molar-refractivity contribution in [2.24, 2.45) is 0 Å². The molecule has 0 unspecified atom stereocenters. The summed E-state index contributed by atoms with van der Waals surface area (Å²) in [6, 6.07) is 0. The first-order chi connectivity index (χ1) is 5.85. The van der Waals surface area contributed by atoms with Gasteiger partial charge in [0.2, 0.25) is 0 Å². The lowest BCUT2D eigenvalue weighted by molar-refractivity contribution is 0.274. The third-order valence-corrected chi connectivity index (χ3v) is 1.88. The van der Waals surface area contributed by atoms with Crippen molar-refractivity contribution < 1.29 is 0 Å². The maximum atomic E-state index is 4.33. The highest BCUT2D eigenvalue weighted by molar-refractivity contribution is 4.57. The van der Waals surface area contributed by atoms with Crippen LogP contribution in [-0.2, 0) is 0 Å². The molecule has 0 aromatic heterocycles. The molecule has 0 atom stereocenters. The Bertz CT molecular complexity index is 77.9. The van der Waals surface area contributed by atoms with Gasteiger partial charge in [0.05, 0.1) is 0 Å². The molecule has 1 radical (unpaired) electrons. The third kappa shape index (κ3) is 6.62. The Balaban J connectivity index is 3.34. The Labute approximate surface area is 77.3 Å². The molecule has 0 aliphatic carbocycles. The van der Waals surface area contributed by atoms with Crippen LogP contribution in [0.5, 0.6) is 0 Å². The Morgan fingerprint density at radius 1 is 0.917 bits per heavy atom.